The van der Waals surface area contributed by atoms with E-state index in [1.165, 1.54) is 6.08 Å². The summed E-state index contributed by atoms with van der Waals surface area (Å²) in [6, 6.07) is 0. The minimum Gasteiger partial charge on any atom is -0.440 e. The molecule has 0 aromatic carbocycles. The molecule has 1 fully saturated rings. The highest BCUT2D eigenvalue weighted by Gasteiger charge is 2.29. The molecule has 4 nitrogen and oxygen atoms in total. The van der Waals surface area contributed by atoms with Crippen molar-refractivity contribution >= 4 is 5.97 Å². The summed E-state index contributed by atoms with van der Waals surface area (Å²) >= 11 is 0. The van der Waals surface area contributed by atoms with Gasteiger partial charge in [0.05, 0.1) is 0 Å². The van der Waals surface area contributed by atoms with Crippen LogP contribution in [0.3, 0.4) is 0 Å². The van der Waals surface area contributed by atoms with Crippen molar-refractivity contribution in [1.29, 1.82) is 0 Å². The predicted octanol–water partition coefficient (Wildman–Crippen LogP) is -0.375. The first-order valence-electron chi connectivity index (χ1n) is 3.97. The molecular weight excluding hydrogens is 156 g/mol. The van der Waals surface area contributed by atoms with Crippen LogP contribution in [0.25, 0.3) is 0 Å². The van der Waals surface area contributed by atoms with E-state index < -0.39 is 11.7 Å². The van der Waals surface area contributed by atoms with E-state index in [2.05, 4.69) is 17.2 Å². The van der Waals surface area contributed by atoms with Crippen LogP contribution in [0.2, 0.25) is 0 Å². The highest BCUT2D eigenvalue weighted by atomic mass is 16.6. The lowest BCUT2D eigenvalue weighted by Gasteiger charge is -2.34. The normalized spacial score (nSPS) is 29.4. The van der Waals surface area contributed by atoms with Crippen LogP contribution in [0.4, 0.5) is 0 Å². The Morgan fingerprint density at radius 1 is 1.67 bits per heavy atom. The molecule has 1 saturated heterocycles. The average Bonchev–Trinajstić information content (AvgIpc) is 2.05. The van der Waals surface area contributed by atoms with Gasteiger partial charge in [-0.15, -0.1) is 0 Å². The third-order valence-corrected chi connectivity index (χ3v) is 1.76. The van der Waals surface area contributed by atoms with Crippen LogP contribution in [0, 0.1) is 0 Å². The number of piperazine rings is 1. The molecule has 0 saturated carbocycles. The Morgan fingerprint density at radius 3 is 2.92 bits per heavy atom. The van der Waals surface area contributed by atoms with Crippen LogP contribution in [0.5, 0.6) is 0 Å². The lowest BCUT2D eigenvalue weighted by atomic mass is 10.2. The molecule has 1 unspecified atom stereocenters. The van der Waals surface area contributed by atoms with E-state index in [-0.39, 0.29) is 0 Å². The molecule has 0 aromatic rings. The smallest absolute Gasteiger partial charge is 0.331 e. The zero-order valence-corrected chi connectivity index (χ0v) is 7.22. The molecule has 1 aliphatic heterocycles. The fourth-order valence-corrected chi connectivity index (χ4v) is 1.14. The highest BCUT2D eigenvalue weighted by Crippen LogP contribution is 2.07. The van der Waals surface area contributed by atoms with Gasteiger partial charge in [0.2, 0.25) is 0 Å². The molecule has 1 rings (SSSR count). The molecule has 1 atom stereocenters. The fourth-order valence-electron chi connectivity index (χ4n) is 1.14. The van der Waals surface area contributed by atoms with E-state index in [1.54, 1.807) is 0 Å². The molecule has 0 amide bonds. The van der Waals surface area contributed by atoms with Crippen LogP contribution >= 0.6 is 0 Å². The van der Waals surface area contributed by atoms with Gasteiger partial charge >= 0.3 is 5.97 Å². The minimum atomic E-state index is -0.580. The lowest BCUT2D eigenvalue weighted by molar-refractivity contribution is -0.156. The zero-order chi connectivity index (χ0) is 9.03. The first kappa shape index (κ1) is 9.22. The number of nitrogens with one attached hydrogen (secondary N) is 2. The van der Waals surface area contributed by atoms with E-state index in [0.717, 1.165) is 13.1 Å². The molecule has 4 heteroatoms. The summed E-state index contributed by atoms with van der Waals surface area (Å²) in [6.07, 6.45) is 1.17. The van der Waals surface area contributed by atoms with Crippen molar-refractivity contribution in [2.24, 2.45) is 0 Å². The third-order valence-electron chi connectivity index (χ3n) is 1.76. The van der Waals surface area contributed by atoms with Gasteiger partial charge in [-0.25, -0.2) is 4.79 Å². The zero-order valence-electron chi connectivity index (χ0n) is 7.22. The Labute approximate surface area is 72.0 Å². The van der Waals surface area contributed by atoms with Gasteiger partial charge in [-0.2, -0.15) is 0 Å². The maximum absolute atomic E-state index is 10.9. The molecule has 0 radical (unpaired) electrons. The Bertz CT molecular complexity index is 185. The Kier molecular flexibility index (Phi) is 2.83. The van der Waals surface area contributed by atoms with E-state index >= 15 is 0 Å². The van der Waals surface area contributed by atoms with Crippen LogP contribution < -0.4 is 10.6 Å². The molecule has 0 spiro atoms. The fraction of sp³-hybridized carbons (Fsp3) is 0.625. The quantitative estimate of drug-likeness (QED) is 0.438. The van der Waals surface area contributed by atoms with Crippen LogP contribution in [0.15, 0.2) is 12.7 Å². The predicted molar refractivity (Wildman–Crippen MR) is 45.6 cm³/mol. The minimum absolute atomic E-state index is 0.395. The van der Waals surface area contributed by atoms with Gasteiger partial charge in [0, 0.05) is 25.7 Å². The molecule has 0 aromatic heterocycles. The number of carbonyl (C=O) groups excluding carboxylic acids is 1. The summed E-state index contributed by atoms with van der Waals surface area (Å²) in [6.45, 7) is 7.51. The SMILES string of the molecule is C=CC(=O)OC1(C)CNCCN1. The topological polar surface area (TPSA) is 50.4 Å². The Hall–Kier alpha value is -0.870. The average molecular weight is 170 g/mol. The monoisotopic (exact) mass is 170 g/mol. The number of esters is 1. The van der Waals surface area contributed by atoms with Crippen molar-refractivity contribution in [2.75, 3.05) is 19.6 Å². The maximum Gasteiger partial charge on any atom is 0.331 e. The standard InChI is InChI=1S/C8H14N2O2/c1-3-7(11)12-8(2)6-9-4-5-10-8/h3,9-10H,1,4-6H2,2H3. The van der Waals surface area contributed by atoms with Crippen molar-refractivity contribution in [3.63, 3.8) is 0 Å². The van der Waals surface area contributed by atoms with Crippen LogP contribution in [0.1, 0.15) is 6.92 Å². The second-order valence-corrected chi connectivity index (χ2v) is 2.96. The second-order valence-electron chi connectivity index (χ2n) is 2.96. The van der Waals surface area contributed by atoms with Gasteiger partial charge in [-0.05, 0) is 6.92 Å². The first-order valence-corrected chi connectivity index (χ1v) is 3.97. The van der Waals surface area contributed by atoms with Gasteiger partial charge in [0.25, 0.3) is 0 Å². The number of ether oxygens (including phenoxy) is 1. The summed E-state index contributed by atoms with van der Waals surface area (Å²) < 4.78 is 5.10. The van der Waals surface area contributed by atoms with E-state index in [1.807, 2.05) is 6.92 Å². The molecule has 68 valence electrons. The van der Waals surface area contributed by atoms with Crippen molar-refractivity contribution < 1.29 is 9.53 Å². The summed E-state index contributed by atoms with van der Waals surface area (Å²) in [5.41, 5.74) is -0.580. The van der Waals surface area contributed by atoms with E-state index in [4.69, 9.17) is 4.74 Å². The number of hydrogen-bond acceptors (Lipinski definition) is 4. The highest BCUT2D eigenvalue weighted by molar-refractivity contribution is 5.81. The Balaban J connectivity index is 2.46. The first-order chi connectivity index (χ1) is 5.66. The largest absolute Gasteiger partial charge is 0.440 e. The summed E-state index contributed by atoms with van der Waals surface area (Å²) in [5.74, 6) is -0.395. The van der Waals surface area contributed by atoms with Crippen LogP contribution in [-0.2, 0) is 9.53 Å². The molecule has 0 aliphatic carbocycles. The third kappa shape index (κ3) is 2.32. The summed E-state index contributed by atoms with van der Waals surface area (Å²) in [5, 5.41) is 6.24. The molecule has 1 heterocycles. The van der Waals surface area contributed by atoms with Crippen molar-refractivity contribution in [1.82, 2.24) is 10.6 Å². The maximum atomic E-state index is 10.9. The van der Waals surface area contributed by atoms with Crippen molar-refractivity contribution in [2.45, 2.75) is 12.6 Å². The second kappa shape index (κ2) is 3.69. The van der Waals surface area contributed by atoms with Gasteiger partial charge in [0.15, 0.2) is 5.72 Å². The van der Waals surface area contributed by atoms with Crippen molar-refractivity contribution in [3.8, 4) is 0 Å². The molecule has 12 heavy (non-hydrogen) atoms. The lowest BCUT2D eigenvalue weighted by Crippen LogP contribution is -2.59. The molecule has 1 aliphatic rings. The molecule has 2 N–H and O–H groups in total. The number of rotatable bonds is 2. The Morgan fingerprint density at radius 2 is 2.42 bits per heavy atom. The summed E-state index contributed by atoms with van der Waals surface area (Å²) in [7, 11) is 0. The van der Waals surface area contributed by atoms with Gasteiger partial charge in [-0.3, -0.25) is 5.32 Å². The van der Waals surface area contributed by atoms with E-state index in [0.29, 0.717) is 6.54 Å². The number of carbonyl (C=O) groups is 1. The molecule has 0 bridgehead atoms. The number of hydrogen-bond donors (Lipinski definition) is 2. The van der Waals surface area contributed by atoms with Crippen molar-refractivity contribution in [3.05, 3.63) is 12.7 Å². The van der Waals surface area contributed by atoms with E-state index in [9.17, 15) is 4.79 Å². The van der Waals surface area contributed by atoms with Gasteiger partial charge in [0.1, 0.15) is 0 Å². The molecular formula is C8H14N2O2. The van der Waals surface area contributed by atoms with Crippen LogP contribution in [-0.4, -0.2) is 31.3 Å². The van der Waals surface area contributed by atoms with Gasteiger partial charge in [-0.1, -0.05) is 6.58 Å². The van der Waals surface area contributed by atoms with Gasteiger partial charge < -0.3 is 10.1 Å². The summed E-state index contributed by atoms with van der Waals surface area (Å²) in [4.78, 5) is 10.9.